The topological polar surface area (TPSA) is 82.4 Å². The van der Waals surface area contributed by atoms with E-state index in [1.54, 1.807) is 14.2 Å². The van der Waals surface area contributed by atoms with Crippen LogP contribution in [0.4, 0.5) is 0 Å². The number of ether oxygens (including phenoxy) is 6. The molecule has 0 aliphatic carbocycles. The molecule has 0 bridgehead atoms. The second kappa shape index (κ2) is 12.9. The molecule has 40 heavy (non-hydrogen) atoms. The molecule has 0 saturated heterocycles. The number of likely N-dealkylation sites (N-methyl/N-ethyl adjacent to an activating group) is 1. The van der Waals surface area contributed by atoms with Crippen LogP contribution in [0.25, 0.3) is 0 Å². The van der Waals surface area contributed by atoms with Crippen molar-refractivity contribution in [3.8, 4) is 40.6 Å². The highest BCUT2D eigenvalue weighted by Gasteiger charge is 2.46. The van der Waals surface area contributed by atoms with Crippen molar-refractivity contribution in [3.05, 3.63) is 35.4 Å². The van der Waals surface area contributed by atoms with Gasteiger partial charge in [0.2, 0.25) is 11.5 Å². The van der Waals surface area contributed by atoms with E-state index in [-0.39, 0.29) is 18.1 Å². The molecule has 0 spiro atoms. The van der Waals surface area contributed by atoms with Crippen molar-refractivity contribution in [2.75, 3.05) is 41.1 Å². The number of para-hydroxylation sites is 2. The standard InChI is InChI=1S/C32H44N2O6/c1-8-37-28-23-17-22(34(5)18-24(23)29(38-9-2)31(36-7)30(28)35-6)13-12-16-32(20-33,21(3)4)27-19-39-25-14-10-11-15-26(25)40-27/h10-11,14-15,21-22,27H,8-9,12-13,16-19H2,1-7H3. The van der Waals surface area contributed by atoms with E-state index >= 15 is 0 Å². The first-order valence-electron chi connectivity index (χ1n) is 14.4. The highest BCUT2D eigenvalue weighted by atomic mass is 16.6. The van der Waals surface area contributed by atoms with Crippen LogP contribution in [0.15, 0.2) is 24.3 Å². The van der Waals surface area contributed by atoms with Crippen LogP contribution < -0.4 is 28.4 Å². The number of hydrogen-bond donors (Lipinski definition) is 0. The van der Waals surface area contributed by atoms with Gasteiger partial charge in [0, 0.05) is 23.7 Å². The largest absolute Gasteiger partial charge is 0.490 e. The quantitative estimate of drug-likeness (QED) is 0.316. The highest BCUT2D eigenvalue weighted by molar-refractivity contribution is 5.68. The van der Waals surface area contributed by atoms with E-state index in [4.69, 9.17) is 28.4 Å². The summed E-state index contributed by atoms with van der Waals surface area (Å²) in [6.07, 6.45) is 3.00. The predicted molar refractivity (Wildman–Crippen MR) is 154 cm³/mol. The first kappa shape index (κ1) is 29.7. The van der Waals surface area contributed by atoms with Crippen molar-refractivity contribution >= 4 is 0 Å². The Hall–Kier alpha value is -3.31. The third-order valence-electron chi connectivity index (χ3n) is 8.44. The summed E-state index contributed by atoms with van der Waals surface area (Å²) in [5.74, 6) is 4.16. The first-order valence-corrected chi connectivity index (χ1v) is 14.4. The van der Waals surface area contributed by atoms with E-state index in [9.17, 15) is 5.26 Å². The molecule has 0 saturated carbocycles. The summed E-state index contributed by atoms with van der Waals surface area (Å²) in [7, 11) is 5.42. The van der Waals surface area contributed by atoms with Crippen LogP contribution in [-0.2, 0) is 13.0 Å². The van der Waals surface area contributed by atoms with Crippen LogP contribution >= 0.6 is 0 Å². The lowest BCUT2D eigenvalue weighted by Gasteiger charge is -2.41. The molecular weight excluding hydrogens is 508 g/mol. The SMILES string of the molecule is CCOc1c2c(c(OCC)c(OC)c1OC)CN(C)C(CCCC(C#N)(C(C)C)C1COc3ccccc3O1)C2. The van der Waals surface area contributed by atoms with Gasteiger partial charge in [-0.15, -0.1) is 0 Å². The van der Waals surface area contributed by atoms with Crippen molar-refractivity contribution in [3.63, 3.8) is 0 Å². The Morgan fingerprint density at radius 1 is 1.00 bits per heavy atom. The smallest absolute Gasteiger partial charge is 0.207 e. The maximum atomic E-state index is 10.5. The summed E-state index contributed by atoms with van der Waals surface area (Å²) in [5, 5.41) is 10.5. The van der Waals surface area contributed by atoms with Crippen molar-refractivity contribution in [1.82, 2.24) is 4.90 Å². The third-order valence-corrected chi connectivity index (χ3v) is 8.44. The molecule has 2 aromatic carbocycles. The fraction of sp³-hybridized carbons (Fsp3) is 0.594. The van der Waals surface area contributed by atoms with Crippen molar-refractivity contribution < 1.29 is 28.4 Å². The summed E-state index contributed by atoms with van der Waals surface area (Å²) >= 11 is 0. The Morgan fingerprint density at radius 3 is 2.20 bits per heavy atom. The Kier molecular flexibility index (Phi) is 9.57. The zero-order chi connectivity index (χ0) is 28.9. The lowest BCUT2D eigenvalue weighted by atomic mass is 9.70. The molecule has 0 aromatic heterocycles. The molecule has 2 aromatic rings. The number of nitrogens with zero attached hydrogens (tertiary/aromatic N) is 2. The van der Waals surface area contributed by atoms with E-state index in [1.807, 2.05) is 38.1 Å². The van der Waals surface area contributed by atoms with Crippen molar-refractivity contribution in [1.29, 1.82) is 5.26 Å². The summed E-state index contributed by atoms with van der Waals surface area (Å²) in [5.41, 5.74) is 1.54. The summed E-state index contributed by atoms with van der Waals surface area (Å²) in [6, 6.07) is 10.6. The van der Waals surface area contributed by atoms with E-state index in [1.165, 1.54) is 0 Å². The monoisotopic (exact) mass is 552 g/mol. The van der Waals surface area contributed by atoms with Gasteiger partial charge in [-0.2, -0.15) is 5.26 Å². The second-order valence-corrected chi connectivity index (χ2v) is 10.9. The van der Waals surface area contributed by atoms with Crippen molar-refractivity contribution in [2.24, 2.45) is 11.3 Å². The van der Waals surface area contributed by atoms with Crippen LogP contribution in [-0.4, -0.2) is 58.1 Å². The Balaban J connectivity index is 1.56. The molecule has 2 aliphatic heterocycles. The van der Waals surface area contributed by atoms with Crippen LogP contribution in [0.5, 0.6) is 34.5 Å². The molecule has 0 N–H and O–H groups in total. The Labute approximate surface area is 239 Å². The van der Waals surface area contributed by atoms with Gasteiger partial charge >= 0.3 is 0 Å². The number of nitriles is 1. The lowest BCUT2D eigenvalue weighted by Crippen LogP contribution is -2.48. The maximum absolute atomic E-state index is 10.5. The average Bonchev–Trinajstić information content (AvgIpc) is 2.96. The van der Waals surface area contributed by atoms with Crippen LogP contribution in [0.2, 0.25) is 0 Å². The minimum absolute atomic E-state index is 0.108. The number of hydrogen-bond acceptors (Lipinski definition) is 8. The summed E-state index contributed by atoms with van der Waals surface area (Å²) < 4.78 is 36.2. The molecule has 0 radical (unpaired) electrons. The van der Waals surface area contributed by atoms with Gasteiger partial charge in [-0.1, -0.05) is 32.4 Å². The van der Waals surface area contributed by atoms with Gasteiger partial charge in [-0.25, -0.2) is 0 Å². The van der Waals surface area contributed by atoms with Gasteiger partial charge < -0.3 is 28.4 Å². The molecule has 0 amide bonds. The zero-order valence-corrected chi connectivity index (χ0v) is 25.0. The van der Waals surface area contributed by atoms with Crippen LogP contribution in [0, 0.1) is 22.7 Å². The van der Waals surface area contributed by atoms with Gasteiger partial charge in [-0.3, -0.25) is 4.90 Å². The Morgan fingerprint density at radius 2 is 1.62 bits per heavy atom. The zero-order valence-electron chi connectivity index (χ0n) is 25.0. The van der Waals surface area contributed by atoms with Crippen LogP contribution in [0.3, 0.4) is 0 Å². The van der Waals surface area contributed by atoms with Gasteiger partial charge in [-0.05, 0) is 58.2 Å². The fourth-order valence-corrected chi connectivity index (χ4v) is 6.18. The normalized spacial score (nSPS) is 19.8. The maximum Gasteiger partial charge on any atom is 0.207 e. The molecule has 2 aliphatic rings. The van der Waals surface area contributed by atoms with Gasteiger partial charge in [0.1, 0.15) is 6.61 Å². The van der Waals surface area contributed by atoms with Gasteiger partial charge in [0.15, 0.2) is 29.1 Å². The molecule has 4 rings (SSSR count). The van der Waals surface area contributed by atoms with E-state index in [0.717, 1.165) is 54.1 Å². The lowest BCUT2D eigenvalue weighted by molar-refractivity contribution is -0.0119. The van der Waals surface area contributed by atoms with E-state index in [0.29, 0.717) is 43.6 Å². The molecule has 3 atom stereocenters. The number of fused-ring (bicyclic) bond motifs is 2. The molecule has 8 nitrogen and oxygen atoms in total. The first-order chi connectivity index (χ1) is 19.3. The Bertz CT molecular complexity index is 1210. The van der Waals surface area contributed by atoms with E-state index < -0.39 is 5.41 Å². The highest BCUT2D eigenvalue weighted by Crippen LogP contribution is 2.52. The number of benzene rings is 2. The van der Waals surface area contributed by atoms with E-state index in [2.05, 4.69) is 31.9 Å². The van der Waals surface area contributed by atoms with Crippen LogP contribution in [0.1, 0.15) is 58.1 Å². The number of methoxy groups -OCH3 is 2. The fourth-order valence-electron chi connectivity index (χ4n) is 6.18. The van der Waals surface area contributed by atoms with Crippen molar-refractivity contribution in [2.45, 2.75) is 72.1 Å². The number of rotatable bonds is 12. The molecule has 8 heteroatoms. The minimum atomic E-state index is -0.659. The average molecular weight is 553 g/mol. The molecule has 218 valence electrons. The minimum Gasteiger partial charge on any atom is -0.490 e. The third kappa shape index (κ3) is 5.49. The molecule has 0 fully saturated rings. The second-order valence-electron chi connectivity index (χ2n) is 10.9. The summed E-state index contributed by atoms with van der Waals surface area (Å²) in [4.78, 5) is 2.37. The molecule has 3 unspecified atom stereocenters. The molecular formula is C32H44N2O6. The predicted octanol–water partition coefficient (Wildman–Crippen LogP) is 6.03. The van der Waals surface area contributed by atoms with Gasteiger partial charge in [0.05, 0.1) is 38.9 Å². The van der Waals surface area contributed by atoms with Gasteiger partial charge in [0.25, 0.3) is 0 Å². The summed E-state index contributed by atoms with van der Waals surface area (Å²) in [6.45, 7) is 10.3. The molecule has 2 heterocycles.